The second-order valence-corrected chi connectivity index (χ2v) is 5.57. The number of benzene rings is 1. The van der Waals surface area contributed by atoms with Crippen LogP contribution in [0.25, 0.3) is 0 Å². The molecule has 1 unspecified atom stereocenters. The lowest BCUT2D eigenvalue weighted by Gasteiger charge is -2.29. The fraction of sp³-hybridized carbons (Fsp3) is 0.500. The van der Waals surface area contributed by atoms with Gasteiger partial charge in [0.1, 0.15) is 11.9 Å². The highest BCUT2D eigenvalue weighted by Gasteiger charge is 2.48. The molecule has 2 N–H and O–H groups in total. The number of halogens is 1. The molecule has 1 aromatic carbocycles. The molecule has 0 amide bonds. The molecule has 0 spiro atoms. The Morgan fingerprint density at radius 2 is 1.90 bits per heavy atom. The lowest BCUT2D eigenvalue weighted by Crippen LogP contribution is -2.47. The second-order valence-electron chi connectivity index (χ2n) is 5.14. The number of aliphatic hydroxyl groups excluding tert-OH is 2. The van der Waals surface area contributed by atoms with Gasteiger partial charge in [0, 0.05) is 5.02 Å². The quantitative estimate of drug-likeness (QED) is 0.890. The molecule has 20 heavy (non-hydrogen) atoms. The molecule has 1 atom stereocenters. The van der Waals surface area contributed by atoms with E-state index in [1.54, 1.807) is 24.3 Å². The van der Waals surface area contributed by atoms with Crippen molar-refractivity contribution in [1.29, 1.82) is 0 Å². The van der Waals surface area contributed by atoms with Crippen molar-refractivity contribution < 1.29 is 19.7 Å². The first kappa shape index (κ1) is 15.1. The van der Waals surface area contributed by atoms with Gasteiger partial charge in [-0.15, -0.1) is 0 Å². The summed E-state index contributed by atoms with van der Waals surface area (Å²) in [5.41, 5.74) is -1.06. The molecule has 5 nitrogen and oxygen atoms in total. The normalized spacial score (nSPS) is 20.7. The van der Waals surface area contributed by atoms with Gasteiger partial charge < -0.3 is 19.7 Å². The summed E-state index contributed by atoms with van der Waals surface area (Å²) in [6.45, 7) is 3.26. The molecule has 1 aromatic rings. The topological polar surface area (TPSA) is 71.3 Å². The number of rotatable bonds is 4. The van der Waals surface area contributed by atoms with E-state index in [1.807, 2.05) is 13.8 Å². The van der Waals surface area contributed by atoms with E-state index < -0.39 is 11.6 Å². The maximum absolute atomic E-state index is 9.54. The van der Waals surface area contributed by atoms with Crippen LogP contribution in [0, 0.1) is 5.92 Å². The fourth-order valence-electron chi connectivity index (χ4n) is 2.20. The minimum absolute atomic E-state index is 0.0501. The van der Waals surface area contributed by atoms with E-state index in [9.17, 15) is 10.2 Å². The predicted molar refractivity (Wildman–Crippen MR) is 76.1 cm³/mol. The SMILES string of the molecule is CC(C)C1OC(Oc2ccc(Cl)cc2)=NC1(CO)CO. The number of ether oxygens (including phenoxy) is 2. The van der Waals surface area contributed by atoms with E-state index >= 15 is 0 Å². The molecule has 2 rings (SSSR count). The number of aliphatic imine (C=N–C) groups is 1. The third-order valence-corrected chi connectivity index (χ3v) is 3.50. The van der Waals surface area contributed by atoms with Gasteiger partial charge in [-0.2, -0.15) is 0 Å². The Morgan fingerprint density at radius 3 is 2.35 bits per heavy atom. The minimum atomic E-state index is -1.06. The van der Waals surface area contributed by atoms with Gasteiger partial charge in [-0.05, 0) is 30.2 Å². The van der Waals surface area contributed by atoms with Crippen molar-refractivity contribution in [2.45, 2.75) is 25.5 Å². The summed E-state index contributed by atoms with van der Waals surface area (Å²) in [6, 6.07) is 6.77. The van der Waals surface area contributed by atoms with Crippen molar-refractivity contribution in [1.82, 2.24) is 0 Å². The second kappa shape index (κ2) is 5.99. The molecule has 0 radical (unpaired) electrons. The van der Waals surface area contributed by atoms with Gasteiger partial charge in [0.25, 0.3) is 0 Å². The summed E-state index contributed by atoms with van der Waals surface area (Å²) in [5.74, 6) is 0.603. The summed E-state index contributed by atoms with van der Waals surface area (Å²) >= 11 is 5.80. The molecule has 0 aromatic heterocycles. The van der Waals surface area contributed by atoms with E-state index in [1.165, 1.54) is 0 Å². The summed E-state index contributed by atoms with van der Waals surface area (Å²) in [6.07, 6.45) is -0.381. The Labute approximate surface area is 122 Å². The van der Waals surface area contributed by atoms with Crippen LogP contribution < -0.4 is 4.74 Å². The molecule has 0 saturated carbocycles. The van der Waals surface area contributed by atoms with E-state index in [2.05, 4.69) is 4.99 Å². The molecule has 1 aliphatic heterocycles. The third kappa shape index (κ3) is 2.90. The zero-order chi connectivity index (χ0) is 14.8. The van der Waals surface area contributed by atoms with Gasteiger partial charge in [-0.3, -0.25) is 0 Å². The van der Waals surface area contributed by atoms with Gasteiger partial charge >= 0.3 is 6.08 Å². The zero-order valence-corrected chi connectivity index (χ0v) is 12.2. The molecule has 0 aliphatic carbocycles. The van der Waals surface area contributed by atoms with Crippen LogP contribution in [-0.4, -0.2) is 41.2 Å². The van der Waals surface area contributed by atoms with Crippen molar-refractivity contribution in [3.63, 3.8) is 0 Å². The highest BCUT2D eigenvalue weighted by atomic mass is 35.5. The highest BCUT2D eigenvalue weighted by Crippen LogP contribution is 2.31. The fourth-order valence-corrected chi connectivity index (χ4v) is 2.32. The van der Waals surface area contributed by atoms with Gasteiger partial charge in [0.2, 0.25) is 0 Å². The maximum atomic E-state index is 9.54. The Bertz CT molecular complexity index is 482. The van der Waals surface area contributed by atoms with E-state index in [0.29, 0.717) is 10.8 Å². The van der Waals surface area contributed by atoms with Crippen LogP contribution in [0.1, 0.15) is 13.8 Å². The van der Waals surface area contributed by atoms with Crippen LogP contribution in [0.5, 0.6) is 5.75 Å². The van der Waals surface area contributed by atoms with Crippen molar-refractivity contribution in [3.8, 4) is 5.75 Å². The van der Waals surface area contributed by atoms with Gasteiger partial charge in [-0.1, -0.05) is 25.4 Å². The number of hydrogen-bond acceptors (Lipinski definition) is 5. The number of hydrogen-bond donors (Lipinski definition) is 2. The van der Waals surface area contributed by atoms with Crippen LogP contribution in [0.3, 0.4) is 0 Å². The first-order chi connectivity index (χ1) is 9.50. The van der Waals surface area contributed by atoms with E-state index in [0.717, 1.165) is 0 Å². The lowest BCUT2D eigenvalue weighted by molar-refractivity contribution is 0.0125. The van der Waals surface area contributed by atoms with Crippen LogP contribution >= 0.6 is 11.6 Å². The largest absolute Gasteiger partial charge is 0.444 e. The van der Waals surface area contributed by atoms with Crippen molar-refractivity contribution in [2.24, 2.45) is 10.9 Å². The average Bonchev–Trinajstić information content (AvgIpc) is 2.81. The van der Waals surface area contributed by atoms with Crippen LogP contribution in [0.15, 0.2) is 29.3 Å². The zero-order valence-electron chi connectivity index (χ0n) is 11.4. The monoisotopic (exact) mass is 299 g/mol. The van der Waals surface area contributed by atoms with Crippen molar-refractivity contribution >= 4 is 17.7 Å². The maximum Gasteiger partial charge on any atom is 0.390 e. The number of nitrogens with zero attached hydrogens (tertiary/aromatic N) is 1. The smallest absolute Gasteiger partial charge is 0.390 e. The molecule has 0 saturated heterocycles. The molecule has 6 heteroatoms. The van der Waals surface area contributed by atoms with E-state index in [4.69, 9.17) is 21.1 Å². The molecular formula is C14H18ClNO4. The molecular weight excluding hydrogens is 282 g/mol. The van der Waals surface area contributed by atoms with Crippen LogP contribution in [0.4, 0.5) is 0 Å². The van der Waals surface area contributed by atoms with Crippen LogP contribution in [0.2, 0.25) is 5.02 Å². The Hall–Kier alpha value is -1.30. The number of aliphatic hydroxyl groups is 2. The Kier molecular flexibility index (Phi) is 4.52. The Balaban J connectivity index is 2.19. The first-order valence-electron chi connectivity index (χ1n) is 6.42. The van der Waals surface area contributed by atoms with Crippen LogP contribution in [-0.2, 0) is 4.74 Å². The average molecular weight is 300 g/mol. The third-order valence-electron chi connectivity index (χ3n) is 3.24. The standard InChI is InChI=1S/C14H18ClNO4/c1-9(2)12-14(7-17,8-18)16-13(20-12)19-11-5-3-10(15)4-6-11/h3-6,9,12,17-18H,7-8H2,1-2H3. The summed E-state index contributed by atoms with van der Waals surface area (Å²) < 4.78 is 11.1. The summed E-state index contributed by atoms with van der Waals surface area (Å²) in [5, 5.41) is 19.7. The summed E-state index contributed by atoms with van der Waals surface area (Å²) in [4.78, 5) is 4.22. The molecule has 0 fully saturated rings. The molecule has 0 bridgehead atoms. The minimum Gasteiger partial charge on any atom is -0.444 e. The van der Waals surface area contributed by atoms with Gasteiger partial charge in [0.05, 0.1) is 13.2 Å². The highest BCUT2D eigenvalue weighted by molar-refractivity contribution is 6.30. The Morgan fingerprint density at radius 1 is 1.30 bits per heavy atom. The van der Waals surface area contributed by atoms with E-state index in [-0.39, 0.29) is 25.2 Å². The van der Waals surface area contributed by atoms with Gasteiger partial charge in [0.15, 0.2) is 5.54 Å². The van der Waals surface area contributed by atoms with Gasteiger partial charge in [-0.25, -0.2) is 4.99 Å². The molecule has 1 aliphatic rings. The first-order valence-corrected chi connectivity index (χ1v) is 6.80. The summed E-state index contributed by atoms with van der Waals surface area (Å²) in [7, 11) is 0. The predicted octanol–water partition coefficient (Wildman–Crippen LogP) is 1.85. The lowest BCUT2D eigenvalue weighted by atomic mass is 9.88. The molecule has 110 valence electrons. The molecule has 1 heterocycles. The van der Waals surface area contributed by atoms with Crippen molar-refractivity contribution in [3.05, 3.63) is 29.3 Å². The van der Waals surface area contributed by atoms with Crippen molar-refractivity contribution in [2.75, 3.05) is 13.2 Å².